The van der Waals surface area contributed by atoms with Crippen molar-refractivity contribution >= 4 is 33.2 Å². The summed E-state index contributed by atoms with van der Waals surface area (Å²) in [5, 5.41) is 6.45. The minimum Gasteiger partial charge on any atom is -0.356 e. The zero-order chi connectivity index (χ0) is 14.4. The first-order valence-electron chi connectivity index (χ1n) is 7.33. The van der Waals surface area contributed by atoms with Crippen molar-refractivity contribution in [3.05, 3.63) is 20.8 Å². The minimum atomic E-state index is 0.0360. The van der Waals surface area contributed by atoms with Crippen molar-refractivity contribution in [2.75, 3.05) is 13.6 Å². The number of hydrogen-bond donors (Lipinski definition) is 2. The van der Waals surface area contributed by atoms with Crippen molar-refractivity contribution in [1.82, 2.24) is 10.6 Å². The van der Waals surface area contributed by atoms with E-state index in [2.05, 4.69) is 38.7 Å². The molecule has 1 heterocycles. The number of halogens is 1. The molecule has 0 unspecified atom stereocenters. The maximum atomic E-state index is 12.1. The average Bonchev–Trinajstić information content (AvgIpc) is 2.85. The summed E-state index contributed by atoms with van der Waals surface area (Å²) in [6, 6.07) is 4.16. The van der Waals surface area contributed by atoms with Crippen LogP contribution in [0.3, 0.4) is 0 Å². The van der Waals surface area contributed by atoms with E-state index < -0.39 is 0 Å². The molecule has 0 aliphatic heterocycles. The Bertz CT molecular complexity index is 441. The number of carbonyl (C=O) groups is 1. The van der Waals surface area contributed by atoms with Gasteiger partial charge in [-0.3, -0.25) is 4.79 Å². The van der Waals surface area contributed by atoms with E-state index in [9.17, 15) is 4.79 Å². The van der Waals surface area contributed by atoms with Crippen LogP contribution in [0.1, 0.15) is 43.4 Å². The fourth-order valence-electron chi connectivity index (χ4n) is 2.92. The van der Waals surface area contributed by atoms with Crippen molar-refractivity contribution < 1.29 is 4.79 Å². The monoisotopic (exact) mass is 358 g/mol. The maximum Gasteiger partial charge on any atom is 0.221 e. The lowest BCUT2D eigenvalue weighted by Gasteiger charge is -2.36. The Kier molecular flexibility index (Phi) is 6.05. The zero-order valence-electron chi connectivity index (χ0n) is 12.0. The van der Waals surface area contributed by atoms with Gasteiger partial charge >= 0.3 is 0 Å². The fourth-order valence-corrected chi connectivity index (χ4v) is 4.41. The van der Waals surface area contributed by atoms with E-state index in [-0.39, 0.29) is 11.4 Å². The molecule has 1 aliphatic carbocycles. The average molecular weight is 359 g/mol. The summed E-state index contributed by atoms with van der Waals surface area (Å²) in [7, 11) is 1.99. The quantitative estimate of drug-likeness (QED) is 0.817. The van der Waals surface area contributed by atoms with Gasteiger partial charge in [-0.1, -0.05) is 19.3 Å². The highest BCUT2D eigenvalue weighted by Gasteiger charge is 2.32. The lowest BCUT2D eigenvalue weighted by molar-refractivity contribution is -0.122. The molecule has 1 aromatic heterocycles. The molecule has 1 fully saturated rings. The van der Waals surface area contributed by atoms with Crippen LogP contribution in [0, 0.1) is 0 Å². The molecular formula is C15H23BrN2OS. The topological polar surface area (TPSA) is 41.1 Å². The highest BCUT2D eigenvalue weighted by Crippen LogP contribution is 2.30. The maximum absolute atomic E-state index is 12.1. The number of amides is 1. The van der Waals surface area contributed by atoms with Crippen LogP contribution in [0.15, 0.2) is 15.9 Å². The lowest BCUT2D eigenvalue weighted by Crippen LogP contribution is -2.48. The summed E-state index contributed by atoms with van der Waals surface area (Å²) in [5.74, 6) is 0.178. The second kappa shape index (κ2) is 7.57. The van der Waals surface area contributed by atoms with Crippen LogP contribution in [0.2, 0.25) is 0 Å². The van der Waals surface area contributed by atoms with Crippen molar-refractivity contribution in [1.29, 1.82) is 0 Å². The molecule has 0 spiro atoms. The van der Waals surface area contributed by atoms with E-state index >= 15 is 0 Å². The summed E-state index contributed by atoms with van der Waals surface area (Å²) >= 11 is 5.19. The Morgan fingerprint density at radius 1 is 1.35 bits per heavy atom. The fraction of sp³-hybridized carbons (Fsp3) is 0.667. The van der Waals surface area contributed by atoms with E-state index in [0.717, 1.165) is 29.6 Å². The van der Waals surface area contributed by atoms with Crippen molar-refractivity contribution in [3.63, 3.8) is 0 Å². The molecule has 112 valence electrons. The van der Waals surface area contributed by atoms with Gasteiger partial charge in [-0.25, -0.2) is 0 Å². The number of rotatable bonds is 6. The lowest BCUT2D eigenvalue weighted by atomic mass is 9.79. The molecule has 1 amide bonds. The highest BCUT2D eigenvalue weighted by molar-refractivity contribution is 9.11. The van der Waals surface area contributed by atoms with E-state index in [4.69, 9.17) is 0 Å². The predicted octanol–water partition coefficient (Wildman–Crippen LogP) is 3.48. The highest BCUT2D eigenvalue weighted by atomic mass is 79.9. The first-order chi connectivity index (χ1) is 9.63. The molecular weight excluding hydrogens is 336 g/mol. The third-order valence-corrected chi connectivity index (χ3v) is 5.85. The van der Waals surface area contributed by atoms with E-state index in [0.29, 0.717) is 6.42 Å². The number of nitrogens with one attached hydrogen (secondary N) is 2. The van der Waals surface area contributed by atoms with Crippen molar-refractivity contribution in [3.8, 4) is 0 Å². The van der Waals surface area contributed by atoms with Gasteiger partial charge < -0.3 is 10.6 Å². The Labute approximate surface area is 133 Å². The first kappa shape index (κ1) is 16.0. The van der Waals surface area contributed by atoms with Crippen LogP contribution in [0.25, 0.3) is 0 Å². The Morgan fingerprint density at radius 3 is 2.70 bits per heavy atom. The summed E-state index contributed by atoms with van der Waals surface area (Å²) < 4.78 is 1.15. The van der Waals surface area contributed by atoms with Gasteiger partial charge in [0.1, 0.15) is 0 Å². The molecule has 2 N–H and O–H groups in total. The minimum absolute atomic E-state index is 0.0360. The van der Waals surface area contributed by atoms with Gasteiger partial charge in [-0.2, -0.15) is 0 Å². The molecule has 0 bridgehead atoms. The molecule has 5 heteroatoms. The van der Waals surface area contributed by atoms with Gasteiger partial charge in [-0.15, -0.1) is 11.3 Å². The second-order valence-electron chi connectivity index (χ2n) is 5.57. The Hall–Kier alpha value is -0.390. The first-order valence-corrected chi connectivity index (χ1v) is 8.94. The summed E-state index contributed by atoms with van der Waals surface area (Å²) in [6.45, 7) is 0.728. The Morgan fingerprint density at radius 2 is 2.10 bits per heavy atom. The molecule has 20 heavy (non-hydrogen) atoms. The van der Waals surface area contributed by atoms with Crippen LogP contribution < -0.4 is 10.6 Å². The van der Waals surface area contributed by atoms with E-state index in [1.54, 1.807) is 11.3 Å². The van der Waals surface area contributed by atoms with Gasteiger partial charge in [0.2, 0.25) is 5.91 Å². The molecule has 0 saturated heterocycles. The molecule has 1 saturated carbocycles. The largest absolute Gasteiger partial charge is 0.356 e. The molecule has 1 aliphatic rings. The van der Waals surface area contributed by atoms with Crippen molar-refractivity contribution in [2.45, 2.75) is 50.5 Å². The van der Waals surface area contributed by atoms with Crippen LogP contribution in [0.5, 0.6) is 0 Å². The predicted molar refractivity (Wildman–Crippen MR) is 88.2 cm³/mol. The van der Waals surface area contributed by atoms with Crippen LogP contribution >= 0.6 is 27.3 Å². The van der Waals surface area contributed by atoms with Crippen LogP contribution in [-0.2, 0) is 11.2 Å². The van der Waals surface area contributed by atoms with Crippen LogP contribution in [-0.4, -0.2) is 25.0 Å². The third-order valence-electron chi connectivity index (χ3n) is 4.16. The van der Waals surface area contributed by atoms with Crippen molar-refractivity contribution in [2.24, 2.45) is 0 Å². The molecule has 1 aromatic rings. The van der Waals surface area contributed by atoms with Gasteiger partial charge in [-0.05, 0) is 54.4 Å². The van der Waals surface area contributed by atoms with Gasteiger partial charge in [0.15, 0.2) is 0 Å². The number of thiophene rings is 1. The van der Waals surface area contributed by atoms with E-state index in [1.807, 2.05) is 7.05 Å². The number of hydrogen-bond acceptors (Lipinski definition) is 3. The van der Waals surface area contributed by atoms with Gasteiger partial charge in [0.25, 0.3) is 0 Å². The second-order valence-corrected chi connectivity index (χ2v) is 8.12. The zero-order valence-corrected chi connectivity index (χ0v) is 14.4. The molecule has 0 radical (unpaired) electrons. The summed E-state index contributed by atoms with van der Waals surface area (Å²) in [5.41, 5.74) is 0.0360. The molecule has 3 nitrogen and oxygen atoms in total. The van der Waals surface area contributed by atoms with Gasteiger partial charge in [0, 0.05) is 23.4 Å². The standard InChI is InChI=1S/C15H23BrN2OS/c1-17-15(8-3-2-4-9-15)11-14(19)18-10-7-12-5-6-13(16)20-12/h5-6,17H,2-4,7-11H2,1H3,(H,18,19). The van der Waals surface area contributed by atoms with Gasteiger partial charge in [0.05, 0.1) is 3.79 Å². The SMILES string of the molecule is CNC1(CC(=O)NCCc2ccc(Br)s2)CCCCC1. The molecule has 0 atom stereocenters. The number of carbonyl (C=O) groups excluding carboxylic acids is 1. The van der Waals surface area contributed by atoms with Crippen LogP contribution in [0.4, 0.5) is 0 Å². The molecule has 0 aromatic carbocycles. The van der Waals surface area contributed by atoms with E-state index in [1.165, 1.54) is 24.1 Å². The Balaban J connectivity index is 1.74. The smallest absolute Gasteiger partial charge is 0.221 e. The summed E-state index contributed by atoms with van der Waals surface area (Å²) in [6.07, 6.45) is 7.53. The third kappa shape index (κ3) is 4.57. The summed E-state index contributed by atoms with van der Waals surface area (Å²) in [4.78, 5) is 13.4. The normalized spacial score (nSPS) is 17.9. The molecule has 2 rings (SSSR count).